The smallest absolute Gasteiger partial charge is 0.195 e. The average Bonchev–Trinajstić information content (AvgIpc) is 3.17. The molecule has 2 aromatic carbocycles. The van der Waals surface area contributed by atoms with Gasteiger partial charge in [-0.15, -0.1) is 11.3 Å². The fourth-order valence-corrected chi connectivity index (χ4v) is 3.66. The second-order valence-corrected chi connectivity index (χ2v) is 7.87. The zero-order valence-corrected chi connectivity index (χ0v) is 17.3. The second-order valence-electron chi connectivity index (χ2n) is 6.16. The number of ketones is 1. The summed E-state index contributed by atoms with van der Waals surface area (Å²) in [5.74, 6) is 1.49. The highest BCUT2D eigenvalue weighted by Gasteiger charge is 2.07. The lowest BCUT2D eigenvalue weighted by Crippen LogP contribution is -1.99. The van der Waals surface area contributed by atoms with Crippen molar-refractivity contribution in [2.24, 2.45) is 0 Å². The maximum atomic E-state index is 12.2. The van der Waals surface area contributed by atoms with Crippen molar-refractivity contribution in [1.82, 2.24) is 0 Å². The van der Waals surface area contributed by atoms with Crippen LogP contribution in [0.1, 0.15) is 33.3 Å². The summed E-state index contributed by atoms with van der Waals surface area (Å²) in [6.07, 6.45) is 4.34. The number of carbonyl (C=O) groups excluding carboxylic acids is 1. The van der Waals surface area contributed by atoms with Gasteiger partial charge in [0.1, 0.15) is 18.1 Å². The molecule has 3 aromatic rings. The Bertz CT molecular complexity index is 974. The molecular formula is C23H21ClO3S. The Labute approximate surface area is 174 Å². The third-order valence-electron chi connectivity index (χ3n) is 4.27. The van der Waals surface area contributed by atoms with E-state index >= 15 is 0 Å². The van der Waals surface area contributed by atoms with Gasteiger partial charge in [-0.05, 0) is 60.0 Å². The van der Waals surface area contributed by atoms with Crippen LogP contribution < -0.4 is 9.47 Å². The predicted molar refractivity (Wildman–Crippen MR) is 116 cm³/mol. The van der Waals surface area contributed by atoms with Crippen LogP contribution in [0.25, 0.3) is 6.08 Å². The van der Waals surface area contributed by atoms with E-state index in [1.54, 1.807) is 31.4 Å². The molecule has 28 heavy (non-hydrogen) atoms. The van der Waals surface area contributed by atoms with Crippen molar-refractivity contribution in [3.8, 4) is 11.5 Å². The van der Waals surface area contributed by atoms with Gasteiger partial charge in [0.25, 0.3) is 0 Å². The number of ether oxygens (including phenoxy) is 2. The largest absolute Gasteiger partial charge is 0.496 e. The van der Waals surface area contributed by atoms with E-state index in [0.29, 0.717) is 15.8 Å². The molecule has 144 valence electrons. The number of thiophene rings is 1. The Kier molecular flexibility index (Phi) is 6.90. The predicted octanol–water partition coefficient (Wildman–Crippen LogP) is 6.45. The minimum atomic E-state index is -0.0680. The average molecular weight is 413 g/mol. The van der Waals surface area contributed by atoms with Crippen molar-refractivity contribution in [2.75, 3.05) is 7.11 Å². The molecular weight excluding hydrogens is 392 g/mol. The van der Waals surface area contributed by atoms with Gasteiger partial charge in [0.05, 0.1) is 16.3 Å². The Balaban J connectivity index is 1.71. The van der Waals surface area contributed by atoms with Gasteiger partial charge in [0.2, 0.25) is 0 Å². The molecule has 0 spiro atoms. The summed E-state index contributed by atoms with van der Waals surface area (Å²) < 4.78 is 11.9. The van der Waals surface area contributed by atoms with E-state index in [2.05, 4.69) is 19.1 Å². The van der Waals surface area contributed by atoms with E-state index in [1.807, 2.05) is 30.3 Å². The molecule has 0 radical (unpaired) electrons. The molecule has 0 atom stereocenters. The van der Waals surface area contributed by atoms with E-state index < -0.39 is 0 Å². The number of rotatable bonds is 8. The first-order chi connectivity index (χ1) is 13.6. The van der Waals surface area contributed by atoms with E-state index in [4.69, 9.17) is 21.1 Å². The lowest BCUT2D eigenvalue weighted by molar-refractivity contribution is 0.105. The molecule has 0 bridgehead atoms. The molecule has 0 saturated heterocycles. The molecule has 3 nitrogen and oxygen atoms in total. The molecule has 0 aliphatic rings. The fraction of sp³-hybridized carbons (Fsp3) is 0.174. The van der Waals surface area contributed by atoms with E-state index in [0.717, 1.165) is 29.0 Å². The monoisotopic (exact) mass is 412 g/mol. The summed E-state index contributed by atoms with van der Waals surface area (Å²) >= 11 is 7.17. The summed E-state index contributed by atoms with van der Waals surface area (Å²) in [6, 6.07) is 17.3. The quantitative estimate of drug-likeness (QED) is 0.315. The van der Waals surface area contributed by atoms with Crippen LogP contribution in [-0.2, 0) is 13.0 Å². The highest BCUT2D eigenvalue weighted by atomic mass is 35.5. The van der Waals surface area contributed by atoms with Crippen LogP contribution in [0, 0.1) is 0 Å². The van der Waals surface area contributed by atoms with Gasteiger partial charge in [-0.3, -0.25) is 4.79 Å². The number of carbonyl (C=O) groups is 1. The van der Waals surface area contributed by atoms with Crippen molar-refractivity contribution < 1.29 is 14.3 Å². The van der Waals surface area contributed by atoms with E-state index in [9.17, 15) is 4.79 Å². The molecule has 3 rings (SSSR count). The molecule has 5 heteroatoms. The molecule has 0 unspecified atom stereocenters. The maximum Gasteiger partial charge on any atom is 0.195 e. The fourth-order valence-electron chi connectivity index (χ4n) is 2.70. The van der Waals surface area contributed by atoms with E-state index in [1.165, 1.54) is 16.9 Å². The highest BCUT2D eigenvalue weighted by molar-refractivity contribution is 7.18. The van der Waals surface area contributed by atoms with Gasteiger partial charge < -0.3 is 9.47 Å². The Morgan fingerprint density at radius 1 is 1.11 bits per heavy atom. The number of allylic oxidation sites excluding steroid dienone is 1. The molecule has 0 aliphatic carbocycles. The summed E-state index contributed by atoms with van der Waals surface area (Å²) in [4.78, 5) is 12.8. The minimum Gasteiger partial charge on any atom is -0.496 e. The van der Waals surface area contributed by atoms with Gasteiger partial charge in [-0.1, -0.05) is 42.8 Å². The van der Waals surface area contributed by atoms with Crippen LogP contribution >= 0.6 is 22.9 Å². The summed E-state index contributed by atoms with van der Waals surface area (Å²) in [6.45, 7) is 2.50. The van der Waals surface area contributed by atoms with Crippen LogP contribution in [0.5, 0.6) is 11.5 Å². The third-order valence-corrected chi connectivity index (χ3v) is 5.52. The number of hydrogen-bond acceptors (Lipinski definition) is 4. The normalized spacial score (nSPS) is 11.0. The number of methoxy groups -OCH3 is 1. The third kappa shape index (κ3) is 5.24. The number of hydrogen-bond donors (Lipinski definition) is 0. The Morgan fingerprint density at radius 2 is 1.89 bits per heavy atom. The van der Waals surface area contributed by atoms with Gasteiger partial charge >= 0.3 is 0 Å². The summed E-state index contributed by atoms with van der Waals surface area (Å²) in [7, 11) is 1.63. The molecule has 0 fully saturated rings. The van der Waals surface area contributed by atoms with Crippen molar-refractivity contribution >= 4 is 34.8 Å². The van der Waals surface area contributed by atoms with E-state index in [-0.39, 0.29) is 5.78 Å². The molecule has 1 heterocycles. The molecule has 1 aromatic heterocycles. The van der Waals surface area contributed by atoms with Crippen LogP contribution in [0.2, 0.25) is 4.34 Å². The standard InChI is InChI=1S/C23H21ClO3S/c1-3-16-4-8-19(9-5-16)27-15-18-14-17(7-11-21(18)26-2)6-10-20(25)22-12-13-23(24)28-22/h4-14H,3,15H2,1-2H3/b10-6+. The SMILES string of the molecule is CCc1ccc(OCc2cc(/C=C/C(=O)c3ccc(Cl)s3)ccc2OC)cc1. The first-order valence-electron chi connectivity index (χ1n) is 8.95. The Hall–Kier alpha value is -2.56. The molecule has 0 aliphatic heterocycles. The highest BCUT2D eigenvalue weighted by Crippen LogP contribution is 2.25. The van der Waals surface area contributed by atoms with Gasteiger partial charge in [0, 0.05) is 5.56 Å². The maximum absolute atomic E-state index is 12.2. The molecule has 0 amide bonds. The number of aryl methyl sites for hydroxylation is 1. The summed E-state index contributed by atoms with van der Waals surface area (Å²) in [5.41, 5.74) is 3.08. The van der Waals surface area contributed by atoms with Gasteiger partial charge in [-0.25, -0.2) is 0 Å². The second kappa shape index (κ2) is 9.58. The topological polar surface area (TPSA) is 35.5 Å². The van der Waals surface area contributed by atoms with Crippen molar-refractivity contribution in [2.45, 2.75) is 20.0 Å². The summed E-state index contributed by atoms with van der Waals surface area (Å²) in [5, 5.41) is 0. The minimum absolute atomic E-state index is 0.0680. The first kappa shape index (κ1) is 20.2. The molecule has 0 saturated carbocycles. The lowest BCUT2D eigenvalue weighted by atomic mass is 10.1. The van der Waals surface area contributed by atoms with Crippen LogP contribution in [0.3, 0.4) is 0 Å². The first-order valence-corrected chi connectivity index (χ1v) is 10.1. The number of halogens is 1. The van der Waals surface area contributed by atoms with Crippen LogP contribution in [-0.4, -0.2) is 12.9 Å². The van der Waals surface area contributed by atoms with Crippen molar-refractivity contribution in [3.05, 3.63) is 86.6 Å². The van der Waals surface area contributed by atoms with Crippen LogP contribution in [0.15, 0.2) is 60.7 Å². The van der Waals surface area contributed by atoms with Gasteiger partial charge in [-0.2, -0.15) is 0 Å². The van der Waals surface area contributed by atoms with Crippen molar-refractivity contribution in [3.63, 3.8) is 0 Å². The van der Waals surface area contributed by atoms with Crippen molar-refractivity contribution in [1.29, 1.82) is 0 Å². The van der Waals surface area contributed by atoms with Crippen LogP contribution in [0.4, 0.5) is 0 Å². The molecule has 0 N–H and O–H groups in total. The number of benzene rings is 2. The lowest BCUT2D eigenvalue weighted by Gasteiger charge is -2.11. The van der Waals surface area contributed by atoms with Gasteiger partial charge in [0.15, 0.2) is 5.78 Å². The Morgan fingerprint density at radius 3 is 2.54 bits per heavy atom. The zero-order valence-electron chi connectivity index (χ0n) is 15.8. The zero-order chi connectivity index (χ0) is 19.9.